The van der Waals surface area contributed by atoms with Gasteiger partial charge in [-0.2, -0.15) is 5.01 Å². The Bertz CT molecular complexity index is 958. The Labute approximate surface area is 157 Å². The van der Waals surface area contributed by atoms with Crippen LogP contribution in [0.15, 0.2) is 71.1 Å². The summed E-state index contributed by atoms with van der Waals surface area (Å²) in [6, 6.07) is 14.2. The first-order valence-electron chi connectivity index (χ1n) is 7.87. The van der Waals surface area contributed by atoms with Gasteiger partial charge in [0.25, 0.3) is 5.69 Å². The van der Waals surface area contributed by atoms with Crippen molar-refractivity contribution in [3.63, 3.8) is 0 Å². The van der Waals surface area contributed by atoms with Gasteiger partial charge in [0.2, 0.25) is 0 Å². The molecule has 28 heavy (non-hydrogen) atoms. The van der Waals surface area contributed by atoms with Crippen molar-refractivity contribution < 1.29 is 24.4 Å². The zero-order valence-electron chi connectivity index (χ0n) is 14.2. The van der Waals surface area contributed by atoms with Crippen molar-refractivity contribution in [1.29, 1.82) is 0 Å². The number of nitrogens with zero attached hydrogens (tertiary/aromatic N) is 5. The van der Waals surface area contributed by atoms with Crippen LogP contribution in [0.25, 0.3) is 5.70 Å². The van der Waals surface area contributed by atoms with Gasteiger partial charge in [0.1, 0.15) is 12.3 Å². The number of rotatable bonds is 4. The molecule has 2 aromatic carbocycles. The number of carbonyl (C=O) groups is 2. The van der Waals surface area contributed by atoms with E-state index in [0.717, 1.165) is 11.8 Å². The lowest BCUT2D eigenvalue weighted by Crippen LogP contribution is -2.44. The molecule has 2 aromatic rings. The summed E-state index contributed by atoms with van der Waals surface area (Å²) >= 11 is 0. The molecule has 1 heterocycles. The summed E-state index contributed by atoms with van der Waals surface area (Å²) in [6.45, 7) is -0.0680. The van der Waals surface area contributed by atoms with Gasteiger partial charge in [-0.15, -0.1) is 5.11 Å². The first-order chi connectivity index (χ1) is 13.5. The first-order valence-corrected chi connectivity index (χ1v) is 7.87. The topological polar surface area (TPSA) is 138 Å². The van der Waals surface area contributed by atoms with E-state index in [1.807, 2.05) is 6.07 Å². The van der Waals surface area contributed by atoms with Crippen LogP contribution in [0, 0.1) is 10.1 Å². The Balaban J connectivity index is 1.81. The highest BCUT2D eigenvalue weighted by Crippen LogP contribution is 2.25. The van der Waals surface area contributed by atoms with Crippen LogP contribution in [-0.4, -0.2) is 32.3 Å². The molecule has 0 saturated carbocycles. The predicted molar refractivity (Wildman–Crippen MR) is 94.3 cm³/mol. The number of benzene rings is 2. The molecule has 1 N–H and O–H groups in total. The Morgan fingerprint density at radius 3 is 2.39 bits per heavy atom. The molecular formula is C17H13N5O6. The molecule has 3 rings (SSSR count). The van der Waals surface area contributed by atoms with E-state index >= 15 is 0 Å². The molecule has 0 bridgehead atoms. The highest BCUT2D eigenvalue weighted by molar-refractivity contribution is 5.77. The Kier molecular flexibility index (Phi) is 5.25. The number of nitro groups is 1. The van der Waals surface area contributed by atoms with E-state index in [2.05, 4.69) is 10.3 Å². The van der Waals surface area contributed by atoms with Gasteiger partial charge in [-0.1, -0.05) is 35.4 Å². The van der Waals surface area contributed by atoms with Gasteiger partial charge in [0, 0.05) is 17.7 Å². The average Bonchev–Trinajstić information content (AvgIpc) is 2.72. The number of carbonyl (C=O) groups excluding carboxylic acids is 1. The summed E-state index contributed by atoms with van der Waals surface area (Å²) in [6.07, 6.45) is -1.40. The van der Waals surface area contributed by atoms with Crippen LogP contribution < -0.4 is 0 Å². The molecule has 0 saturated heterocycles. The van der Waals surface area contributed by atoms with Crippen LogP contribution in [0.3, 0.4) is 0 Å². The maximum atomic E-state index is 12.4. The van der Waals surface area contributed by atoms with Gasteiger partial charge < -0.3 is 9.84 Å². The number of nitro benzene ring substituents is 1. The van der Waals surface area contributed by atoms with Gasteiger partial charge >= 0.3 is 12.2 Å². The second-order valence-corrected chi connectivity index (χ2v) is 5.46. The van der Waals surface area contributed by atoms with E-state index in [4.69, 9.17) is 4.74 Å². The third kappa shape index (κ3) is 4.09. The van der Waals surface area contributed by atoms with Crippen molar-refractivity contribution >= 4 is 23.6 Å². The summed E-state index contributed by atoms with van der Waals surface area (Å²) < 4.78 is 5.13. The molecule has 142 valence electrons. The summed E-state index contributed by atoms with van der Waals surface area (Å²) in [5.41, 5.74) is 1.13. The third-order valence-electron chi connectivity index (χ3n) is 3.62. The second kappa shape index (κ2) is 7.95. The van der Waals surface area contributed by atoms with E-state index in [1.165, 1.54) is 24.3 Å². The fourth-order valence-corrected chi connectivity index (χ4v) is 2.26. The minimum Gasteiger partial charge on any atom is -0.462 e. The molecule has 0 unspecified atom stereocenters. The van der Waals surface area contributed by atoms with Gasteiger partial charge in [0.15, 0.2) is 0 Å². The van der Waals surface area contributed by atoms with Crippen molar-refractivity contribution in [3.05, 3.63) is 82.0 Å². The van der Waals surface area contributed by atoms with Crippen LogP contribution in [0.5, 0.6) is 0 Å². The fraction of sp³-hybridized carbons (Fsp3) is 0.0588. The average molecular weight is 383 g/mol. The standard InChI is InChI=1S/C17H13N5O6/c23-16(24)21-19-18-15(13-6-8-14(9-7-13)22(26)27)10-20(21)17(25)28-11-12-4-2-1-3-5-12/h1-10H,11H2,(H,23,24). The molecule has 0 atom stereocenters. The second-order valence-electron chi connectivity index (χ2n) is 5.46. The Morgan fingerprint density at radius 1 is 1.11 bits per heavy atom. The largest absolute Gasteiger partial charge is 0.462 e. The van der Waals surface area contributed by atoms with Crippen molar-refractivity contribution in [2.45, 2.75) is 6.61 Å². The Hall–Kier alpha value is -4.28. The lowest BCUT2D eigenvalue weighted by atomic mass is 10.1. The molecular weight excluding hydrogens is 370 g/mol. The van der Waals surface area contributed by atoms with Crippen LogP contribution in [0.1, 0.15) is 11.1 Å². The molecule has 0 aliphatic carbocycles. The van der Waals surface area contributed by atoms with E-state index in [-0.39, 0.29) is 18.0 Å². The maximum Gasteiger partial charge on any atom is 0.450 e. The van der Waals surface area contributed by atoms with Gasteiger partial charge in [-0.05, 0) is 22.9 Å². The van der Waals surface area contributed by atoms with Crippen LogP contribution in [0.4, 0.5) is 15.3 Å². The monoisotopic (exact) mass is 383 g/mol. The first kappa shape index (κ1) is 18.5. The number of amides is 2. The Morgan fingerprint density at radius 2 is 1.79 bits per heavy atom. The minimum atomic E-state index is -1.54. The lowest BCUT2D eigenvalue weighted by Gasteiger charge is -2.26. The van der Waals surface area contributed by atoms with E-state index < -0.39 is 17.1 Å². The SMILES string of the molecule is O=C(OCc1ccccc1)N1C=C(c2ccc([N+](=O)[O-])cc2)N=NN1C(=O)O. The number of non-ortho nitro benzene ring substituents is 1. The molecule has 1 aliphatic heterocycles. The summed E-state index contributed by atoms with van der Waals surface area (Å²) in [4.78, 5) is 33.9. The number of hydrogen-bond donors (Lipinski definition) is 1. The lowest BCUT2D eigenvalue weighted by molar-refractivity contribution is -0.384. The van der Waals surface area contributed by atoms with Crippen LogP contribution in [-0.2, 0) is 11.3 Å². The van der Waals surface area contributed by atoms with Gasteiger partial charge in [0.05, 0.1) is 11.1 Å². The van der Waals surface area contributed by atoms with Gasteiger partial charge in [-0.3, -0.25) is 10.1 Å². The summed E-state index contributed by atoms with van der Waals surface area (Å²) in [5, 5.41) is 28.2. The van der Waals surface area contributed by atoms with Crippen molar-refractivity contribution in [1.82, 2.24) is 10.1 Å². The van der Waals surface area contributed by atoms with E-state index in [9.17, 15) is 24.8 Å². The molecule has 0 aromatic heterocycles. The van der Waals surface area contributed by atoms with E-state index in [1.54, 1.807) is 24.3 Å². The van der Waals surface area contributed by atoms with E-state index in [0.29, 0.717) is 15.7 Å². The number of carboxylic acid groups (broad SMARTS) is 1. The molecule has 1 aliphatic rings. The molecule has 11 heteroatoms. The maximum absolute atomic E-state index is 12.4. The van der Waals surface area contributed by atoms with Crippen molar-refractivity contribution in [3.8, 4) is 0 Å². The molecule has 0 spiro atoms. The summed E-state index contributed by atoms with van der Waals surface area (Å²) in [5.74, 6) is 0. The normalized spacial score (nSPS) is 13.1. The molecule has 2 amide bonds. The minimum absolute atomic E-state index is 0.0680. The molecule has 0 fully saturated rings. The van der Waals surface area contributed by atoms with Gasteiger partial charge in [-0.25, -0.2) is 9.59 Å². The zero-order chi connectivity index (χ0) is 20.1. The predicted octanol–water partition coefficient (Wildman–Crippen LogP) is 3.81. The molecule has 11 nitrogen and oxygen atoms in total. The fourth-order valence-electron chi connectivity index (χ4n) is 2.26. The third-order valence-corrected chi connectivity index (χ3v) is 3.62. The number of ether oxygens (including phenoxy) is 1. The molecule has 0 radical (unpaired) electrons. The highest BCUT2D eigenvalue weighted by Gasteiger charge is 2.30. The van der Waals surface area contributed by atoms with Crippen molar-refractivity contribution in [2.24, 2.45) is 10.3 Å². The number of hydrogen-bond acceptors (Lipinski definition) is 7. The quantitative estimate of drug-likeness (QED) is 0.629. The van der Waals surface area contributed by atoms with Crippen LogP contribution >= 0.6 is 0 Å². The highest BCUT2D eigenvalue weighted by atomic mass is 16.6. The number of hydrazine groups is 1. The van der Waals surface area contributed by atoms with Crippen molar-refractivity contribution in [2.75, 3.05) is 0 Å². The summed E-state index contributed by atoms with van der Waals surface area (Å²) in [7, 11) is 0. The smallest absolute Gasteiger partial charge is 0.450 e. The van der Waals surface area contributed by atoms with Crippen LogP contribution in [0.2, 0.25) is 0 Å². The zero-order valence-corrected chi connectivity index (χ0v) is 14.2.